The maximum Gasteiger partial charge on any atom is 0.222 e. The van der Waals surface area contributed by atoms with E-state index >= 15 is 0 Å². The number of ether oxygens (including phenoxy) is 2. The summed E-state index contributed by atoms with van der Waals surface area (Å²) in [4.78, 5) is 35.9. The summed E-state index contributed by atoms with van der Waals surface area (Å²) in [7, 11) is 0. The molecular formula is C28H31N5O4. The van der Waals surface area contributed by atoms with Gasteiger partial charge in [-0.25, -0.2) is 9.97 Å². The Bertz CT molecular complexity index is 1250. The van der Waals surface area contributed by atoms with E-state index in [0.717, 1.165) is 28.4 Å². The molecule has 3 aromatic rings. The fraction of sp³-hybridized carbons (Fsp3) is 0.357. The van der Waals surface area contributed by atoms with Crippen molar-refractivity contribution in [2.45, 2.75) is 44.9 Å². The number of anilines is 1. The molecular weight excluding hydrogens is 470 g/mol. The average molecular weight is 502 g/mol. The molecule has 2 atom stereocenters. The predicted molar refractivity (Wildman–Crippen MR) is 138 cm³/mol. The minimum absolute atomic E-state index is 0.0771. The third kappa shape index (κ3) is 6.62. The quantitative estimate of drug-likeness (QED) is 0.528. The van der Waals surface area contributed by atoms with Gasteiger partial charge in [0.1, 0.15) is 23.1 Å². The number of rotatable bonds is 1. The molecule has 2 N–H and O–H groups in total. The minimum atomic E-state index is -0.239. The van der Waals surface area contributed by atoms with Gasteiger partial charge in [-0.2, -0.15) is 0 Å². The van der Waals surface area contributed by atoms with Crippen molar-refractivity contribution in [3.05, 3.63) is 77.7 Å². The molecule has 37 heavy (non-hydrogen) atoms. The molecule has 6 rings (SSSR count). The molecule has 4 bridgehead atoms. The SMILES string of the molecule is Cc1nccc(N2C[C@@H]3NC(=O)CCNC(=O)CCc4ccc(cc4)Oc4cccc(c4)CO[C@H]3C2)n1. The van der Waals surface area contributed by atoms with E-state index < -0.39 is 0 Å². The van der Waals surface area contributed by atoms with Gasteiger partial charge in [0, 0.05) is 38.7 Å². The van der Waals surface area contributed by atoms with Crippen molar-refractivity contribution >= 4 is 17.6 Å². The van der Waals surface area contributed by atoms with Gasteiger partial charge in [0.25, 0.3) is 0 Å². The average Bonchev–Trinajstić information content (AvgIpc) is 3.29. The van der Waals surface area contributed by atoms with Crippen LogP contribution >= 0.6 is 0 Å². The van der Waals surface area contributed by atoms with Crippen LogP contribution in [0.3, 0.4) is 0 Å². The van der Waals surface area contributed by atoms with Gasteiger partial charge in [0.15, 0.2) is 0 Å². The number of nitrogens with one attached hydrogen (secondary N) is 2. The number of aromatic nitrogens is 2. The monoisotopic (exact) mass is 501 g/mol. The van der Waals surface area contributed by atoms with Crippen molar-refractivity contribution in [3.8, 4) is 11.5 Å². The van der Waals surface area contributed by atoms with Gasteiger partial charge >= 0.3 is 0 Å². The van der Waals surface area contributed by atoms with E-state index in [0.29, 0.717) is 38.4 Å². The van der Waals surface area contributed by atoms with Crippen molar-refractivity contribution in [1.29, 1.82) is 0 Å². The molecule has 0 spiro atoms. The topological polar surface area (TPSA) is 106 Å². The van der Waals surface area contributed by atoms with E-state index in [1.807, 2.05) is 61.5 Å². The first kappa shape index (κ1) is 24.7. The second-order valence-electron chi connectivity index (χ2n) is 9.38. The molecule has 0 radical (unpaired) electrons. The largest absolute Gasteiger partial charge is 0.457 e. The van der Waals surface area contributed by atoms with Crippen LogP contribution in [0.25, 0.3) is 0 Å². The first-order valence-electron chi connectivity index (χ1n) is 12.6. The van der Waals surface area contributed by atoms with E-state index in [1.165, 1.54) is 0 Å². The lowest BCUT2D eigenvalue weighted by Crippen LogP contribution is -2.44. The smallest absolute Gasteiger partial charge is 0.222 e. The molecule has 1 aromatic heterocycles. The fourth-order valence-electron chi connectivity index (χ4n) is 4.59. The Labute approximate surface area is 216 Å². The lowest BCUT2D eigenvalue weighted by molar-refractivity contribution is -0.123. The summed E-state index contributed by atoms with van der Waals surface area (Å²) in [5.74, 6) is 2.74. The van der Waals surface area contributed by atoms with Crippen LogP contribution in [-0.4, -0.2) is 53.6 Å². The number of benzene rings is 2. The number of fused-ring (bicyclic) bond motifs is 10. The van der Waals surface area contributed by atoms with Gasteiger partial charge in [-0.15, -0.1) is 0 Å². The molecule has 2 amide bonds. The lowest BCUT2D eigenvalue weighted by atomic mass is 10.1. The zero-order valence-electron chi connectivity index (χ0n) is 20.9. The van der Waals surface area contributed by atoms with E-state index in [1.54, 1.807) is 6.20 Å². The van der Waals surface area contributed by atoms with Crippen LogP contribution in [0.5, 0.6) is 11.5 Å². The number of nitrogens with zero attached hydrogens (tertiary/aromatic N) is 3. The Kier molecular flexibility index (Phi) is 7.60. The fourth-order valence-corrected chi connectivity index (χ4v) is 4.59. The van der Waals surface area contributed by atoms with Crippen molar-refractivity contribution in [3.63, 3.8) is 0 Å². The van der Waals surface area contributed by atoms with Crippen LogP contribution in [0.2, 0.25) is 0 Å². The van der Waals surface area contributed by atoms with Crippen LogP contribution < -0.4 is 20.3 Å². The Morgan fingerprint density at radius 2 is 1.78 bits per heavy atom. The molecule has 4 heterocycles. The Balaban J connectivity index is 1.35. The zero-order valence-corrected chi connectivity index (χ0v) is 20.9. The number of carbonyl (C=O) groups excluding carboxylic acids is 2. The highest BCUT2D eigenvalue weighted by atomic mass is 16.5. The Morgan fingerprint density at radius 1 is 0.919 bits per heavy atom. The molecule has 9 heteroatoms. The highest BCUT2D eigenvalue weighted by molar-refractivity contribution is 5.79. The zero-order chi connectivity index (χ0) is 25.6. The molecule has 3 aliphatic rings. The summed E-state index contributed by atoms with van der Waals surface area (Å²) >= 11 is 0. The van der Waals surface area contributed by atoms with Crippen LogP contribution in [0.4, 0.5) is 5.82 Å². The number of carbonyl (C=O) groups is 2. The molecule has 0 aliphatic carbocycles. The van der Waals surface area contributed by atoms with Crippen LogP contribution in [0.1, 0.15) is 29.8 Å². The first-order valence-corrected chi connectivity index (χ1v) is 12.6. The molecule has 0 saturated carbocycles. The van der Waals surface area contributed by atoms with Crippen LogP contribution in [0.15, 0.2) is 60.8 Å². The van der Waals surface area contributed by atoms with Gasteiger partial charge in [0.05, 0.1) is 18.8 Å². The highest BCUT2D eigenvalue weighted by Gasteiger charge is 2.35. The second-order valence-corrected chi connectivity index (χ2v) is 9.38. The highest BCUT2D eigenvalue weighted by Crippen LogP contribution is 2.25. The minimum Gasteiger partial charge on any atom is -0.457 e. The number of amides is 2. The summed E-state index contributed by atoms with van der Waals surface area (Å²) in [5, 5.41) is 5.96. The van der Waals surface area contributed by atoms with Gasteiger partial charge in [-0.05, 0) is 54.8 Å². The number of hydrogen-bond donors (Lipinski definition) is 2. The maximum absolute atomic E-state index is 12.7. The van der Waals surface area contributed by atoms with E-state index in [9.17, 15) is 9.59 Å². The van der Waals surface area contributed by atoms with Crippen molar-refractivity contribution in [1.82, 2.24) is 20.6 Å². The third-order valence-corrected chi connectivity index (χ3v) is 6.53. The third-order valence-electron chi connectivity index (χ3n) is 6.53. The Hall–Kier alpha value is -3.98. The molecule has 2 aromatic carbocycles. The lowest BCUT2D eigenvalue weighted by Gasteiger charge is -2.20. The summed E-state index contributed by atoms with van der Waals surface area (Å²) in [6.45, 7) is 3.67. The summed E-state index contributed by atoms with van der Waals surface area (Å²) < 4.78 is 12.4. The van der Waals surface area contributed by atoms with Crippen molar-refractivity contribution < 1.29 is 19.1 Å². The van der Waals surface area contributed by atoms with E-state index in [2.05, 4.69) is 25.5 Å². The molecule has 9 nitrogen and oxygen atoms in total. The van der Waals surface area contributed by atoms with E-state index in [4.69, 9.17) is 9.47 Å². The first-order chi connectivity index (χ1) is 18.0. The molecule has 192 valence electrons. The van der Waals surface area contributed by atoms with Crippen LogP contribution in [0, 0.1) is 6.92 Å². The van der Waals surface area contributed by atoms with Gasteiger partial charge in [-0.1, -0.05) is 24.3 Å². The summed E-state index contributed by atoms with van der Waals surface area (Å²) in [5.41, 5.74) is 2.03. The van der Waals surface area contributed by atoms with Gasteiger partial charge in [0.2, 0.25) is 11.8 Å². The molecule has 3 aliphatic heterocycles. The number of hydrogen-bond acceptors (Lipinski definition) is 7. The van der Waals surface area contributed by atoms with Crippen LogP contribution in [-0.2, 0) is 27.4 Å². The van der Waals surface area contributed by atoms with Crippen molar-refractivity contribution in [2.75, 3.05) is 24.5 Å². The summed E-state index contributed by atoms with van der Waals surface area (Å²) in [6, 6.07) is 17.2. The maximum atomic E-state index is 12.7. The normalized spacial score (nSPS) is 20.9. The summed E-state index contributed by atoms with van der Waals surface area (Å²) in [6.07, 6.45) is 2.67. The molecule has 1 fully saturated rings. The van der Waals surface area contributed by atoms with Gasteiger partial charge < -0.3 is 25.0 Å². The van der Waals surface area contributed by atoms with E-state index in [-0.39, 0.29) is 36.9 Å². The Morgan fingerprint density at radius 3 is 2.62 bits per heavy atom. The number of aryl methyl sites for hydroxylation is 2. The molecule has 1 saturated heterocycles. The molecule has 0 unspecified atom stereocenters. The second kappa shape index (κ2) is 11.4. The standard InChI is InChI=1S/C28H31N5O4/c1-19-29-13-11-26(31-19)33-16-24-25(17-33)36-18-21-3-2-4-23(15-21)37-22-8-5-20(6-9-22)7-10-27(34)30-14-12-28(35)32-24/h2-6,8-9,11,13,15,24-25H,7,10,12,14,16-18H2,1H3,(H,30,34)(H,32,35)/t24-,25-/m0/s1. The van der Waals surface area contributed by atoms with Gasteiger partial charge in [-0.3, -0.25) is 9.59 Å². The van der Waals surface area contributed by atoms with Crippen molar-refractivity contribution in [2.24, 2.45) is 0 Å². The predicted octanol–water partition coefficient (Wildman–Crippen LogP) is 2.92.